The summed E-state index contributed by atoms with van der Waals surface area (Å²) in [5.74, 6) is -1.86. The predicted octanol–water partition coefficient (Wildman–Crippen LogP) is 1.73. The molecule has 2 nitrogen and oxygen atoms in total. The van der Waals surface area contributed by atoms with Crippen molar-refractivity contribution in [3.05, 3.63) is 6.43 Å². The van der Waals surface area contributed by atoms with Gasteiger partial charge in [0.15, 0.2) is 0 Å². The van der Waals surface area contributed by atoms with Gasteiger partial charge in [0.1, 0.15) is 6.61 Å². The van der Waals surface area contributed by atoms with Gasteiger partial charge in [-0.05, 0) is 6.92 Å². The summed E-state index contributed by atoms with van der Waals surface area (Å²) in [5, 5.41) is 2.41. The Labute approximate surface area is 50.3 Å². The molecule has 0 aliphatic carbocycles. The summed E-state index contributed by atoms with van der Waals surface area (Å²) < 4.78 is 33.7. The first-order valence-electron chi connectivity index (χ1n) is 2.22. The van der Waals surface area contributed by atoms with E-state index in [-0.39, 0.29) is 6.61 Å². The Morgan fingerprint density at radius 2 is 2.00 bits per heavy atom. The van der Waals surface area contributed by atoms with Crippen LogP contribution in [0.2, 0.25) is 0 Å². The SMILES string of the molecule is CCO/N=C(\F)[C](F)F. The maximum Gasteiger partial charge on any atom is 0.389 e. The number of hydrogen-bond acceptors (Lipinski definition) is 2. The largest absolute Gasteiger partial charge is 0.394 e. The summed E-state index contributed by atoms with van der Waals surface area (Å²) in [5.41, 5.74) is 0. The van der Waals surface area contributed by atoms with Crippen LogP contribution in [0, 0.1) is 6.43 Å². The van der Waals surface area contributed by atoms with E-state index in [0.29, 0.717) is 0 Å². The Morgan fingerprint density at radius 3 is 2.33 bits per heavy atom. The highest BCUT2D eigenvalue weighted by atomic mass is 19.3. The second kappa shape index (κ2) is 4.17. The average Bonchev–Trinajstić information content (AvgIpc) is 1.82. The Hall–Kier alpha value is -0.740. The standard InChI is InChI=1S/C4H5F3NO/c1-2-9-8-4(7)3(5)6/h2H2,1H3/b8-4-. The van der Waals surface area contributed by atoms with E-state index in [1.807, 2.05) is 0 Å². The van der Waals surface area contributed by atoms with Gasteiger partial charge < -0.3 is 4.84 Å². The molecule has 1 radical (unpaired) electrons. The monoisotopic (exact) mass is 140 g/mol. The molecule has 0 N–H and O–H groups in total. The molecule has 9 heavy (non-hydrogen) atoms. The lowest BCUT2D eigenvalue weighted by Crippen LogP contribution is -1.95. The van der Waals surface area contributed by atoms with Crippen LogP contribution in [0.3, 0.4) is 0 Å². The molecule has 0 atom stereocenters. The summed E-state index contributed by atoms with van der Waals surface area (Å²) >= 11 is 0. The van der Waals surface area contributed by atoms with Crippen molar-refractivity contribution in [3.8, 4) is 0 Å². The van der Waals surface area contributed by atoms with Crippen LogP contribution in [0.4, 0.5) is 13.2 Å². The van der Waals surface area contributed by atoms with E-state index in [9.17, 15) is 13.2 Å². The van der Waals surface area contributed by atoms with Crippen LogP contribution < -0.4 is 0 Å². The molecule has 0 aliphatic heterocycles. The molecule has 0 spiro atoms. The number of rotatable bonds is 3. The molecule has 0 heterocycles. The Balaban J connectivity index is 3.55. The average molecular weight is 140 g/mol. The molecule has 53 valence electrons. The van der Waals surface area contributed by atoms with Crippen molar-refractivity contribution in [2.45, 2.75) is 6.92 Å². The molecular weight excluding hydrogens is 135 g/mol. The molecule has 0 rings (SSSR count). The van der Waals surface area contributed by atoms with Crippen LogP contribution in [0.25, 0.3) is 0 Å². The number of halogens is 3. The molecule has 0 aromatic carbocycles. The third kappa shape index (κ3) is 3.81. The van der Waals surface area contributed by atoms with Crippen molar-refractivity contribution in [1.82, 2.24) is 0 Å². The Morgan fingerprint density at radius 1 is 1.44 bits per heavy atom. The zero-order chi connectivity index (χ0) is 7.28. The van der Waals surface area contributed by atoms with Crippen molar-refractivity contribution in [1.29, 1.82) is 0 Å². The molecule has 0 amide bonds. The first-order chi connectivity index (χ1) is 4.18. The van der Waals surface area contributed by atoms with Crippen LogP contribution in [-0.4, -0.2) is 12.6 Å². The Kier molecular flexibility index (Phi) is 3.83. The second-order valence-corrected chi connectivity index (χ2v) is 1.06. The van der Waals surface area contributed by atoms with E-state index in [4.69, 9.17) is 0 Å². The maximum absolute atomic E-state index is 11.6. The van der Waals surface area contributed by atoms with Crippen molar-refractivity contribution in [2.75, 3.05) is 6.61 Å². The molecule has 0 fully saturated rings. The summed E-state index contributed by atoms with van der Waals surface area (Å²) in [4.78, 5) is 3.97. The van der Waals surface area contributed by atoms with Gasteiger partial charge in [-0.3, -0.25) is 0 Å². The van der Waals surface area contributed by atoms with Crippen LogP contribution in [0.1, 0.15) is 6.92 Å². The topological polar surface area (TPSA) is 21.6 Å². The molecular formula is C4H5F3NO. The summed E-state index contributed by atoms with van der Waals surface area (Å²) in [6, 6.07) is 0. The van der Waals surface area contributed by atoms with Gasteiger partial charge in [-0.25, -0.2) is 0 Å². The zero-order valence-corrected chi connectivity index (χ0v) is 4.70. The number of oxime groups is 1. The molecule has 0 aliphatic rings. The third-order valence-electron chi connectivity index (χ3n) is 0.430. The van der Waals surface area contributed by atoms with Crippen LogP contribution in [0.5, 0.6) is 0 Å². The van der Waals surface area contributed by atoms with Gasteiger partial charge in [0.25, 0.3) is 0 Å². The summed E-state index contributed by atoms with van der Waals surface area (Å²) in [6.45, 7) is 1.58. The first kappa shape index (κ1) is 8.26. The quantitative estimate of drug-likeness (QED) is 0.432. The van der Waals surface area contributed by atoms with Gasteiger partial charge in [-0.2, -0.15) is 13.2 Å². The highest BCUT2D eigenvalue weighted by Crippen LogP contribution is 2.06. The maximum atomic E-state index is 11.6. The molecule has 0 unspecified atom stereocenters. The van der Waals surface area contributed by atoms with Gasteiger partial charge in [0, 0.05) is 0 Å². The van der Waals surface area contributed by atoms with Crippen molar-refractivity contribution in [3.63, 3.8) is 0 Å². The predicted molar refractivity (Wildman–Crippen MR) is 25.6 cm³/mol. The number of nitrogens with zero attached hydrogens (tertiary/aromatic N) is 1. The third-order valence-corrected chi connectivity index (χ3v) is 0.430. The van der Waals surface area contributed by atoms with E-state index < -0.39 is 12.4 Å². The van der Waals surface area contributed by atoms with E-state index in [1.54, 1.807) is 0 Å². The van der Waals surface area contributed by atoms with E-state index >= 15 is 0 Å². The van der Waals surface area contributed by atoms with Gasteiger partial charge in [0.2, 0.25) is 0 Å². The van der Waals surface area contributed by atoms with Crippen LogP contribution in [-0.2, 0) is 4.84 Å². The minimum atomic E-state index is -2.47. The lowest BCUT2D eigenvalue weighted by molar-refractivity contribution is 0.150. The smallest absolute Gasteiger partial charge is 0.389 e. The summed E-state index contributed by atoms with van der Waals surface area (Å²) in [6.07, 6.45) is -2.47. The highest BCUT2D eigenvalue weighted by Gasteiger charge is 2.15. The van der Waals surface area contributed by atoms with Gasteiger partial charge in [0.05, 0.1) is 0 Å². The second-order valence-electron chi connectivity index (χ2n) is 1.06. The van der Waals surface area contributed by atoms with Gasteiger partial charge >= 0.3 is 12.4 Å². The minimum Gasteiger partial charge on any atom is -0.394 e. The Bertz CT molecular complexity index is 104. The molecule has 5 heteroatoms. The molecule has 0 bridgehead atoms. The molecule has 0 saturated heterocycles. The zero-order valence-electron chi connectivity index (χ0n) is 4.70. The van der Waals surface area contributed by atoms with Gasteiger partial charge in [-0.15, -0.1) is 0 Å². The fraction of sp³-hybridized carbons (Fsp3) is 0.500. The van der Waals surface area contributed by atoms with E-state index in [1.165, 1.54) is 6.92 Å². The summed E-state index contributed by atoms with van der Waals surface area (Å²) in [7, 11) is 0. The van der Waals surface area contributed by atoms with E-state index in [2.05, 4.69) is 9.99 Å². The lowest BCUT2D eigenvalue weighted by atomic mass is 10.7. The first-order valence-corrected chi connectivity index (χ1v) is 2.22. The fourth-order valence-corrected chi connectivity index (χ4v) is 0.156. The van der Waals surface area contributed by atoms with Crippen molar-refractivity contribution in [2.24, 2.45) is 5.16 Å². The van der Waals surface area contributed by atoms with Crippen LogP contribution in [0.15, 0.2) is 5.16 Å². The lowest BCUT2D eigenvalue weighted by Gasteiger charge is -1.91. The number of hydrogen-bond donors (Lipinski definition) is 0. The normalized spacial score (nSPS) is 12.3. The van der Waals surface area contributed by atoms with Gasteiger partial charge in [-0.1, -0.05) is 5.16 Å². The van der Waals surface area contributed by atoms with Crippen molar-refractivity contribution >= 4 is 5.97 Å². The highest BCUT2D eigenvalue weighted by molar-refractivity contribution is 5.84. The van der Waals surface area contributed by atoms with E-state index in [0.717, 1.165) is 0 Å². The molecule has 0 aromatic heterocycles. The molecule has 0 saturated carbocycles. The fourth-order valence-electron chi connectivity index (χ4n) is 0.156. The molecule has 0 aromatic rings. The van der Waals surface area contributed by atoms with Crippen LogP contribution >= 0.6 is 0 Å². The van der Waals surface area contributed by atoms with Crippen molar-refractivity contribution < 1.29 is 18.0 Å². The minimum absolute atomic E-state index is 0.0701.